The van der Waals surface area contributed by atoms with Gasteiger partial charge in [0.1, 0.15) is 12.6 Å². The SMILES string of the molecule is O=C(O)c1cccc(N(C(=O)C2CCCN2C(=O)OCc2ccccc2)c2nccs2)c1. The van der Waals surface area contributed by atoms with Gasteiger partial charge >= 0.3 is 12.1 Å². The molecular weight excluding hydrogens is 430 g/mol. The van der Waals surface area contributed by atoms with Gasteiger partial charge in [-0.2, -0.15) is 0 Å². The molecule has 3 aromatic rings. The van der Waals surface area contributed by atoms with Crippen molar-refractivity contribution in [2.24, 2.45) is 0 Å². The molecule has 1 unspecified atom stereocenters. The molecule has 0 saturated carbocycles. The van der Waals surface area contributed by atoms with E-state index in [1.165, 1.54) is 33.3 Å². The summed E-state index contributed by atoms with van der Waals surface area (Å²) in [7, 11) is 0. The number of likely N-dealkylation sites (tertiary alicyclic amines) is 1. The molecule has 0 spiro atoms. The van der Waals surface area contributed by atoms with Crippen LogP contribution in [0.25, 0.3) is 0 Å². The summed E-state index contributed by atoms with van der Waals surface area (Å²) in [6, 6.07) is 14.7. The maximum absolute atomic E-state index is 13.6. The standard InChI is InChI=1S/C23H21N3O5S/c27-20(19-10-5-12-25(19)23(30)31-15-16-6-2-1-3-7-16)26(22-24-11-13-32-22)18-9-4-8-17(14-18)21(28)29/h1-4,6-9,11,13-14,19H,5,10,12,15H2,(H,28,29). The molecule has 32 heavy (non-hydrogen) atoms. The first-order valence-corrected chi connectivity index (χ1v) is 11.0. The van der Waals surface area contributed by atoms with E-state index in [1.54, 1.807) is 23.7 Å². The number of carbonyl (C=O) groups excluding carboxylic acids is 2. The van der Waals surface area contributed by atoms with Crippen molar-refractivity contribution in [1.82, 2.24) is 9.88 Å². The zero-order chi connectivity index (χ0) is 22.5. The van der Waals surface area contributed by atoms with Gasteiger partial charge in [-0.05, 0) is 36.6 Å². The number of aromatic carboxylic acids is 1. The number of aromatic nitrogens is 1. The van der Waals surface area contributed by atoms with E-state index < -0.39 is 18.1 Å². The van der Waals surface area contributed by atoms with Gasteiger partial charge in [0.2, 0.25) is 0 Å². The van der Waals surface area contributed by atoms with Gasteiger partial charge in [0, 0.05) is 18.1 Å². The monoisotopic (exact) mass is 451 g/mol. The molecule has 1 N–H and O–H groups in total. The zero-order valence-corrected chi connectivity index (χ0v) is 17.9. The number of benzene rings is 2. The highest BCUT2D eigenvalue weighted by molar-refractivity contribution is 7.13. The topological polar surface area (TPSA) is 100 Å². The van der Waals surface area contributed by atoms with Crippen LogP contribution >= 0.6 is 11.3 Å². The minimum atomic E-state index is -1.09. The third-order valence-corrected chi connectivity index (χ3v) is 5.92. The normalized spacial score (nSPS) is 15.4. The van der Waals surface area contributed by atoms with Gasteiger partial charge in [-0.1, -0.05) is 36.4 Å². The molecule has 1 saturated heterocycles. The molecule has 9 heteroatoms. The average molecular weight is 452 g/mol. The number of anilines is 2. The van der Waals surface area contributed by atoms with Crippen LogP contribution in [0.15, 0.2) is 66.2 Å². The molecule has 2 heterocycles. The van der Waals surface area contributed by atoms with Crippen molar-refractivity contribution in [3.05, 3.63) is 77.3 Å². The van der Waals surface area contributed by atoms with Gasteiger partial charge in [-0.3, -0.25) is 14.6 Å². The van der Waals surface area contributed by atoms with Crippen molar-refractivity contribution in [3.8, 4) is 0 Å². The number of hydrogen-bond acceptors (Lipinski definition) is 6. The van der Waals surface area contributed by atoms with Crippen LogP contribution in [0.1, 0.15) is 28.8 Å². The quantitative estimate of drug-likeness (QED) is 0.600. The van der Waals surface area contributed by atoms with Gasteiger partial charge < -0.3 is 9.84 Å². The van der Waals surface area contributed by atoms with Gasteiger partial charge in [0.15, 0.2) is 5.13 Å². The number of thiazole rings is 1. The summed E-state index contributed by atoms with van der Waals surface area (Å²) in [6.45, 7) is 0.527. The number of carboxylic acids is 1. The van der Waals surface area contributed by atoms with E-state index in [2.05, 4.69) is 4.98 Å². The van der Waals surface area contributed by atoms with E-state index in [9.17, 15) is 19.5 Å². The molecular formula is C23H21N3O5S. The van der Waals surface area contributed by atoms with Crippen molar-refractivity contribution in [1.29, 1.82) is 0 Å². The minimum Gasteiger partial charge on any atom is -0.478 e. The van der Waals surface area contributed by atoms with Crippen molar-refractivity contribution >= 4 is 40.1 Å². The number of hydrogen-bond donors (Lipinski definition) is 1. The van der Waals surface area contributed by atoms with Crippen LogP contribution in [0.2, 0.25) is 0 Å². The van der Waals surface area contributed by atoms with Crippen LogP contribution in [0.3, 0.4) is 0 Å². The number of ether oxygens (including phenoxy) is 1. The van der Waals surface area contributed by atoms with Gasteiger partial charge in [0.05, 0.1) is 11.3 Å². The minimum absolute atomic E-state index is 0.0578. The zero-order valence-electron chi connectivity index (χ0n) is 17.1. The van der Waals surface area contributed by atoms with Gasteiger partial charge in [-0.15, -0.1) is 11.3 Å². The van der Waals surface area contributed by atoms with Crippen LogP contribution in [0.5, 0.6) is 0 Å². The third kappa shape index (κ3) is 4.62. The van der Waals surface area contributed by atoms with Crippen LogP contribution in [0, 0.1) is 0 Å². The largest absolute Gasteiger partial charge is 0.478 e. The van der Waals surface area contributed by atoms with E-state index in [0.29, 0.717) is 30.2 Å². The number of amides is 2. The first-order valence-electron chi connectivity index (χ1n) is 10.1. The maximum Gasteiger partial charge on any atom is 0.410 e. The molecule has 0 aliphatic carbocycles. The molecule has 2 amide bonds. The average Bonchev–Trinajstić information content (AvgIpc) is 3.51. The van der Waals surface area contributed by atoms with Crippen molar-refractivity contribution in [3.63, 3.8) is 0 Å². The van der Waals surface area contributed by atoms with E-state index in [0.717, 1.165) is 5.56 Å². The Hall–Kier alpha value is -3.72. The molecule has 1 atom stereocenters. The molecule has 8 nitrogen and oxygen atoms in total. The predicted molar refractivity (Wildman–Crippen MR) is 119 cm³/mol. The van der Waals surface area contributed by atoms with Crippen LogP contribution < -0.4 is 4.90 Å². The highest BCUT2D eigenvalue weighted by atomic mass is 32.1. The number of carbonyl (C=O) groups is 3. The molecule has 1 fully saturated rings. The lowest BCUT2D eigenvalue weighted by Gasteiger charge is -2.28. The van der Waals surface area contributed by atoms with E-state index >= 15 is 0 Å². The molecule has 1 aliphatic rings. The summed E-state index contributed by atoms with van der Waals surface area (Å²) in [4.78, 5) is 44.9. The summed E-state index contributed by atoms with van der Waals surface area (Å²) >= 11 is 1.26. The van der Waals surface area contributed by atoms with Crippen molar-refractivity contribution in [2.75, 3.05) is 11.4 Å². The summed E-state index contributed by atoms with van der Waals surface area (Å²) in [6.07, 6.45) is 2.17. The second kappa shape index (κ2) is 9.61. The van der Waals surface area contributed by atoms with Crippen molar-refractivity contribution in [2.45, 2.75) is 25.5 Å². The fourth-order valence-electron chi connectivity index (χ4n) is 3.63. The summed E-state index contributed by atoms with van der Waals surface area (Å²) < 4.78 is 5.44. The molecule has 0 radical (unpaired) electrons. The van der Waals surface area contributed by atoms with Gasteiger partial charge in [0.25, 0.3) is 5.91 Å². The Morgan fingerprint density at radius 3 is 2.69 bits per heavy atom. The van der Waals surface area contributed by atoms with Crippen LogP contribution in [-0.2, 0) is 16.1 Å². The number of carboxylic acid groups (broad SMARTS) is 1. The lowest BCUT2D eigenvalue weighted by molar-refractivity contribution is -0.121. The fourth-order valence-corrected chi connectivity index (χ4v) is 4.30. The molecule has 2 aromatic carbocycles. The van der Waals surface area contributed by atoms with E-state index in [1.807, 2.05) is 30.3 Å². The van der Waals surface area contributed by atoms with Crippen LogP contribution in [0.4, 0.5) is 15.6 Å². The Kier molecular flexibility index (Phi) is 6.46. The highest BCUT2D eigenvalue weighted by Gasteiger charge is 2.39. The lowest BCUT2D eigenvalue weighted by atomic mass is 10.1. The van der Waals surface area contributed by atoms with Crippen LogP contribution in [-0.4, -0.2) is 45.5 Å². The van der Waals surface area contributed by atoms with Crippen molar-refractivity contribution < 1.29 is 24.2 Å². The Morgan fingerprint density at radius 2 is 1.97 bits per heavy atom. The lowest BCUT2D eigenvalue weighted by Crippen LogP contribution is -2.46. The Morgan fingerprint density at radius 1 is 1.16 bits per heavy atom. The second-order valence-electron chi connectivity index (χ2n) is 7.24. The highest BCUT2D eigenvalue weighted by Crippen LogP contribution is 2.32. The molecule has 1 aliphatic heterocycles. The predicted octanol–water partition coefficient (Wildman–Crippen LogP) is 4.31. The Balaban J connectivity index is 1.57. The summed E-state index contributed by atoms with van der Waals surface area (Å²) in [5.74, 6) is -1.44. The first-order chi connectivity index (χ1) is 15.5. The number of rotatable bonds is 6. The molecule has 164 valence electrons. The van der Waals surface area contributed by atoms with E-state index in [4.69, 9.17) is 4.74 Å². The first kappa shape index (κ1) is 21.5. The van der Waals surface area contributed by atoms with E-state index in [-0.39, 0.29) is 18.1 Å². The second-order valence-corrected chi connectivity index (χ2v) is 8.11. The van der Waals surface area contributed by atoms with Gasteiger partial charge in [-0.25, -0.2) is 14.6 Å². The third-order valence-electron chi connectivity index (χ3n) is 5.16. The smallest absolute Gasteiger partial charge is 0.410 e. The summed E-state index contributed by atoms with van der Waals surface area (Å²) in [5, 5.41) is 11.5. The Bertz CT molecular complexity index is 1100. The Labute approximate surface area is 188 Å². The number of nitrogens with zero attached hydrogens (tertiary/aromatic N) is 3. The summed E-state index contributed by atoms with van der Waals surface area (Å²) in [5.41, 5.74) is 1.30. The molecule has 1 aromatic heterocycles. The fraction of sp³-hybridized carbons (Fsp3) is 0.217. The molecule has 0 bridgehead atoms. The maximum atomic E-state index is 13.6. The molecule has 4 rings (SSSR count).